The summed E-state index contributed by atoms with van der Waals surface area (Å²) in [5, 5.41) is 2.80. The van der Waals surface area contributed by atoms with Gasteiger partial charge in [-0.15, -0.1) is 0 Å². The molecule has 2 amide bonds. The number of hydrogen-bond acceptors (Lipinski definition) is 4. The largest absolute Gasteiger partial charge is 0.352 e. The number of sulfonamides is 1. The molecule has 1 fully saturated rings. The van der Waals surface area contributed by atoms with E-state index in [1.165, 1.54) is 11.0 Å². The van der Waals surface area contributed by atoms with Crippen LogP contribution in [0.25, 0.3) is 0 Å². The fourth-order valence-corrected chi connectivity index (χ4v) is 5.31. The Labute approximate surface area is 217 Å². The van der Waals surface area contributed by atoms with Gasteiger partial charge in [-0.05, 0) is 50.5 Å². The van der Waals surface area contributed by atoms with Crippen LogP contribution in [0.15, 0.2) is 42.5 Å². The molecule has 1 atom stereocenters. The molecule has 0 heterocycles. The van der Waals surface area contributed by atoms with Gasteiger partial charge >= 0.3 is 0 Å². The van der Waals surface area contributed by atoms with E-state index in [-0.39, 0.29) is 29.2 Å². The van der Waals surface area contributed by atoms with E-state index in [9.17, 15) is 22.4 Å². The van der Waals surface area contributed by atoms with E-state index in [1.807, 2.05) is 31.2 Å². The van der Waals surface area contributed by atoms with Gasteiger partial charge in [0.05, 0.1) is 17.0 Å². The topological polar surface area (TPSA) is 86.8 Å². The highest BCUT2D eigenvalue weighted by Gasteiger charge is 2.31. The third-order valence-corrected chi connectivity index (χ3v) is 7.89. The molecule has 0 bridgehead atoms. The zero-order valence-corrected chi connectivity index (χ0v) is 22.4. The maximum Gasteiger partial charge on any atom is 0.244 e. The molecule has 0 radical (unpaired) electrons. The molecule has 7 nitrogen and oxygen atoms in total. The Morgan fingerprint density at radius 1 is 1.11 bits per heavy atom. The quantitative estimate of drug-likeness (QED) is 0.513. The summed E-state index contributed by atoms with van der Waals surface area (Å²) in [6.45, 7) is 3.16. The number of anilines is 1. The second-order valence-corrected chi connectivity index (χ2v) is 11.7. The summed E-state index contributed by atoms with van der Waals surface area (Å²) in [5.41, 5.74) is 1.92. The first kappa shape index (κ1) is 27.9. The molecule has 0 aromatic heterocycles. The number of carbonyl (C=O) groups excluding carboxylic acids is 2. The van der Waals surface area contributed by atoms with Gasteiger partial charge in [0.15, 0.2) is 0 Å². The minimum Gasteiger partial charge on any atom is -0.352 e. The van der Waals surface area contributed by atoms with Gasteiger partial charge in [0, 0.05) is 12.6 Å². The van der Waals surface area contributed by atoms with Crippen LogP contribution in [0.1, 0.15) is 50.2 Å². The lowest BCUT2D eigenvalue weighted by Gasteiger charge is -2.33. The number of aryl methyl sites for hydroxylation is 1. The molecule has 0 saturated heterocycles. The monoisotopic (exact) mass is 537 g/mol. The van der Waals surface area contributed by atoms with Crippen molar-refractivity contribution < 1.29 is 22.4 Å². The third-order valence-electron chi connectivity index (χ3n) is 6.46. The van der Waals surface area contributed by atoms with Crippen molar-refractivity contribution in [3.63, 3.8) is 0 Å². The van der Waals surface area contributed by atoms with E-state index in [0.29, 0.717) is 0 Å². The molecule has 1 aliphatic rings. The summed E-state index contributed by atoms with van der Waals surface area (Å²) >= 11 is 5.87. The average molecular weight is 538 g/mol. The van der Waals surface area contributed by atoms with E-state index in [1.54, 1.807) is 6.92 Å². The maximum atomic E-state index is 13.7. The number of halogens is 2. The molecule has 196 valence electrons. The van der Waals surface area contributed by atoms with Crippen molar-refractivity contribution in [3.8, 4) is 0 Å². The number of nitrogens with one attached hydrogen (secondary N) is 1. The summed E-state index contributed by atoms with van der Waals surface area (Å²) in [4.78, 5) is 28.1. The predicted molar refractivity (Wildman–Crippen MR) is 140 cm³/mol. The Morgan fingerprint density at radius 2 is 1.75 bits per heavy atom. The molecule has 0 aliphatic heterocycles. The summed E-state index contributed by atoms with van der Waals surface area (Å²) < 4.78 is 39.7. The van der Waals surface area contributed by atoms with Gasteiger partial charge in [0.2, 0.25) is 21.8 Å². The number of benzene rings is 2. The van der Waals surface area contributed by atoms with Crippen LogP contribution >= 0.6 is 11.6 Å². The van der Waals surface area contributed by atoms with E-state index in [0.717, 1.165) is 65.9 Å². The van der Waals surface area contributed by atoms with Crippen molar-refractivity contribution in [1.82, 2.24) is 10.2 Å². The summed E-state index contributed by atoms with van der Waals surface area (Å²) in [6.07, 6.45) is 6.01. The SMILES string of the molecule is Cc1ccc(CN(C(=O)CN(c2ccc(F)c(Cl)c2)S(C)(=O)=O)C(C)C(=O)NC2CCCCC2)cc1. The molecule has 0 spiro atoms. The van der Waals surface area contributed by atoms with E-state index >= 15 is 0 Å². The Bertz CT molecular complexity index is 1180. The highest BCUT2D eigenvalue weighted by Crippen LogP contribution is 2.25. The zero-order valence-electron chi connectivity index (χ0n) is 20.8. The summed E-state index contributed by atoms with van der Waals surface area (Å²) in [6, 6.07) is 10.3. The number of amides is 2. The van der Waals surface area contributed by atoms with Crippen molar-refractivity contribution in [3.05, 3.63) is 64.4 Å². The van der Waals surface area contributed by atoms with Crippen molar-refractivity contribution in [1.29, 1.82) is 0 Å². The van der Waals surface area contributed by atoms with Crippen molar-refractivity contribution in [2.45, 2.75) is 64.6 Å². The lowest BCUT2D eigenvalue weighted by atomic mass is 9.95. The van der Waals surface area contributed by atoms with E-state index in [2.05, 4.69) is 5.32 Å². The highest BCUT2D eigenvalue weighted by atomic mass is 35.5. The average Bonchev–Trinajstić information content (AvgIpc) is 2.83. The Morgan fingerprint density at radius 3 is 2.33 bits per heavy atom. The van der Waals surface area contributed by atoms with Gasteiger partial charge in [0.25, 0.3) is 0 Å². The Balaban J connectivity index is 1.87. The third kappa shape index (κ3) is 7.43. The minimum atomic E-state index is -3.92. The molecule has 10 heteroatoms. The summed E-state index contributed by atoms with van der Waals surface area (Å²) in [5.74, 6) is -1.54. The molecule has 36 heavy (non-hydrogen) atoms. The van der Waals surface area contributed by atoms with Gasteiger partial charge in [-0.2, -0.15) is 0 Å². The first-order valence-corrected chi connectivity index (χ1v) is 14.3. The lowest BCUT2D eigenvalue weighted by Crippen LogP contribution is -2.52. The fourth-order valence-electron chi connectivity index (χ4n) is 4.30. The number of hydrogen-bond donors (Lipinski definition) is 1. The number of carbonyl (C=O) groups is 2. The molecule has 1 N–H and O–H groups in total. The first-order valence-electron chi connectivity index (χ1n) is 12.0. The lowest BCUT2D eigenvalue weighted by molar-refractivity contribution is -0.139. The second kappa shape index (κ2) is 12.1. The Hall–Kier alpha value is -2.65. The highest BCUT2D eigenvalue weighted by molar-refractivity contribution is 7.92. The standard InChI is InChI=1S/C26H33ClFN3O4S/c1-18-9-11-20(12-10-18)16-30(19(2)26(33)29-21-7-5-4-6-8-21)25(32)17-31(36(3,34)35)22-13-14-24(28)23(27)15-22/h9-15,19,21H,4-8,16-17H2,1-3H3,(H,29,33). The molecule has 1 unspecified atom stereocenters. The molecular weight excluding hydrogens is 505 g/mol. The van der Waals surface area contributed by atoms with Gasteiger partial charge in [-0.3, -0.25) is 13.9 Å². The molecule has 1 saturated carbocycles. The molecule has 2 aromatic carbocycles. The zero-order chi connectivity index (χ0) is 26.5. The Kier molecular flexibility index (Phi) is 9.35. The van der Waals surface area contributed by atoms with Crippen molar-refractivity contribution >= 4 is 39.1 Å². The molecular formula is C26H33ClFN3O4S. The van der Waals surface area contributed by atoms with Crippen LogP contribution in [-0.2, 0) is 26.2 Å². The van der Waals surface area contributed by atoms with E-state index in [4.69, 9.17) is 11.6 Å². The smallest absolute Gasteiger partial charge is 0.244 e. The van der Waals surface area contributed by atoms with Gasteiger partial charge in [-0.25, -0.2) is 12.8 Å². The van der Waals surface area contributed by atoms with Crippen LogP contribution in [0.5, 0.6) is 0 Å². The van der Waals surface area contributed by atoms with Gasteiger partial charge < -0.3 is 10.2 Å². The van der Waals surface area contributed by atoms with Crippen LogP contribution in [0.3, 0.4) is 0 Å². The normalized spacial score (nSPS) is 15.2. The maximum absolute atomic E-state index is 13.7. The van der Waals surface area contributed by atoms with Crippen LogP contribution < -0.4 is 9.62 Å². The van der Waals surface area contributed by atoms with Crippen molar-refractivity contribution in [2.75, 3.05) is 17.1 Å². The van der Waals surface area contributed by atoms with Crippen molar-refractivity contribution in [2.24, 2.45) is 0 Å². The molecule has 1 aliphatic carbocycles. The fraction of sp³-hybridized carbons (Fsp3) is 0.462. The predicted octanol–water partition coefficient (Wildman–Crippen LogP) is 4.42. The number of nitrogens with zero attached hydrogens (tertiary/aromatic N) is 2. The number of rotatable bonds is 9. The van der Waals surface area contributed by atoms with Gasteiger partial charge in [0.1, 0.15) is 18.4 Å². The molecule has 3 rings (SSSR count). The van der Waals surface area contributed by atoms with E-state index < -0.39 is 34.3 Å². The summed E-state index contributed by atoms with van der Waals surface area (Å²) in [7, 11) is -3.92. The van der Waals surface area contributed by atoms with Crippen LogP contribution in [0, 0.1) is 12.7 Å². The van der Waals surface area contributed by atoms with Crippen LogP contribution in [-0.4, -0.2) is 50.0 Å². The molecule has 2 aromatic rings. The first-order chi connectivity index (χ1) is 17.0. The second-order valence-electron chi connectivity index (χ2n) is 9.39. The van der Waals surface area contributed by atoms with Gasteiger partial charge in [-0.1, -0.05) is 60.7 Å². The van der Waals surface area contributed by atoms with Crippen LogP contribution in [0.4, 0.5) is 10.1 Å². The minimum absolute atomic E-state index is 0.0619. The van der Waals surface area contributed by atoms with Crippen LogP contribution in [0.2, 0.25) is 5.02 Å².